The molecule has 1 aliphatic heterocycles. The molecule has 0 saturated carbocycles. The van der Waals surface area contributed by atoms with E-state index in [2.05, 4.69) is 21.2 Å². The van der Waals surface area contributed by atoms with Gasteiger partial charge >= 0.3 is 0 Å². The van der Waals surface area contributed by atoms with E-state index in [1.165, 1.54) is 4.90 Å². The summed E-state index contributed by atoms with van der Waals surface area (Å²) >= 11 is 3.31. The van der Waals surface area contributed by atoms with Gasteiger partial charge in [-0.2, -0.15) is 0 Å². The number of carbonyl (C=O) groups excluding carboxylic acids is 2. The highest BCUT2D eigenvalue weighted by molar-refractivity contribution is 9.10. The Hall–Kier alpha value is -2.34. The Morgan fingerprint density at radius 2 is 2.00 bits per heavy atom. The van der Waals surface area contributed by atoms with Gasteiger partial charge in [0.15, 0.2) is 0 Å². The Kier molecular flexibility index (Phi) is 3.39. The number of benzene rings is 2. The summed E-state index contributed by atoms with van der Waals surface area (Å²) in [5.41, 5.74) is 8.09. The lowest BCUT2D eigenvalue weighted by molar-refractivity contribution is -0.115. The van der Waals surface area contributed by atoms with E-state index in [-0.39, 0.29) is 18.4 Å². The molecular weight excluding hydrogens is 334 g/mol. The highest BCUT2D eigenvalue weighted by Crippen LogP contribution is 2.30. The lowest BCUT2D eigenvalue weighted by Crippen LogP contribution is -2.42. The van der Waals surface area contributed by atoms with Gasteiger partial charge in [0.1, 0.15) is 6.54 Å². The number of carbonyl (C=O) groups is 2. The van der Waals surface area contributed by atoms with Crippen LogP contribution in [0.3, 0.4) is 0 Å². The number of nitrogens with one attached hydrogen (secondary N) is 1. The summed E-state index contributed by atoms with van der Waals surface area (Å²) in [5.74, 6) is -0.449. The van der Waals surface area contributed by atoms with Crippen molar-refractivity contribution >= 4 is 44.8 Å². The van der Waals surface area contributed by atoms with E-state index in [4.69, 9.17) is 5.73 Å². The van der Waals surface area contributed by atoms with Gasteiger partial charge < -0.3 is 11.1 Å². The average Bonchev–Trinajstić information content (AvgIpc) is 2.48. The van der Waals surface area contributed by atoms with Gasteiger partial charge in [-0.25, -0.2) is 0 Å². The molecule has 21 heavy (non-hydrogen) atoms. The van der Waals surface area contributed by atoms with Crippen LogP contribution in [0.1, 0.15) is 10.4 Å². The van der Waals surface area contributed by atoms with Crippen molar-refractivity contribution in [3.05, 3.63) is 52.5 Å². The number of nitrogen functional groups attached to an aromatic ring is 1. The van der Waals surface area contributed by atoms with Crippen LogP contribution in [0.25, 0.3) is 0 Å². The SMILES string of the molecule is Nc1ccc(C(=O)N2CC(=O)Nc3ccccc32)cc1Br. The third-order valence-electron chi connectivity index (χ3n) is 3.26. The Bertz CT molecular complexity index is 745. The molecule has 0 unspecified atom stereocenters. The minimum Gasteiger partial charge on any atom is -0.398 e. The van der Waals surface area contributed by atoms with E-state index < -0.39 is 0 Å². The van der Waals surface area contributed by atoms with Crippen LogP contribution in [0.15, 0.2) is 46.9 Å². The lowest BCUT2D eigenvalue weighted by Gasteiger charge is -2.29. The van der Waals surface area contributed by atoms with Crippen molar-refractivity contribution in [2.75, 3.05) is 22.5 Å². The van der Waals surface area contributed by atoms with Crippen LogP contribution >= 0.6 is 15.9 Å². The largest absolute Gasteiger partial charge is 0.398 e. The van der Waals surface area contributed by atoms with Gasteiger partial charge in [0.2, 0.25) is 5.91 Å². The van der Waals surface area contributed by atoms with Crippen molar-refractivity contribution in [1.82, 2.24) is 0 Å². The number of hydrogen-bond donors (Lipinski definition) is 2. The molecule has 0 aromatic heterocycles. The number of nitrogens with two attached hydrogens (primary N) is 1. The topological polar surface area (TPSA) is 75.4 Å². The smallest absolute Gasteiger partial charge is 0.258 e. The summed E-state index contributed by atoms with van der Waals surface area (Å²) in [6, 6.07) is 12.2. The van der Waals surface area contributed by atoms with Crippen LogP contribution in [0, 0.1) is 0 Å². The summed E-state index contributed by atoms with van der Waals surface area (Å²) in [5, 5.41) is 2.75. The zero-order valence-corrected chi connectivity index (χ0v) is 12.6. The maximum absolute atomic E-state index is 12.7. The molecule has 1 heterocycles. The molecule has 0 aliphatic carbocycles. The number of nitrogens with zero attached hydrogens (tertiary/aromatic N) is 1. The first-order valence-corrected chi connectivity index (χ1v) is 7.11. The van der Waals surface area contributed by atoms with Gasteiger partial charge in [-0.15, -0.1) is 0 Å². The predicted molar refractivity (Wildman–Crippen MR) is 85.3 cm³/mol. The number of rotatable bonds is 1. The normalized spacial score (nSPS) is 13.6. The number of anilines is 3. The average molecular weight is 346 g/mol. The molecule has 2 aromatic rings. The molecule has 106 valence electrons. The molecule has 0 fully saturated rings. The first kappa shape index (κ1) is 13.6. The van der Waals surface area contributed by atoms with Crippen LogP contribution in [0.5, 0.6) is 0 Å². The van der Waals surface area contributed by atoms with Crippen molar-refractivity contribution in [2.45, 2.75) is 0 Å². The van der Waals surface area contributed by atoms with E-state index in [1.807, 2.05) is 12.1 Å². The summed E-state index contributed by atoms with van der Waals surface area (Å²) in [6.07, 6.45) is 0. The molecule has 5 nitrogen and oxygen atoms in total. The van der Waals surface area contributed by atoms with E-state index in [0.29, 0.717) is 27.1 Å². The molecule has 6 heteroatoms. The number of para-hydroxylation sites is 2. The molecule has 2 aromatic carbocycles. The third kappa shape index (κ3) is 2.50. The molecule has 3 N–H and O–H groups in total. The zero-order valence-electron chi connectivity index (χ0n) is 11.0. The van der Waals surface area contributed by atoms with Crippen LogP contribution < -0.4 is 16.0 Å². The number of amides is 2. The second-order valence-electron chi connectivity index (χ2n) is 4.69. The molecule has 0 saturated heterocycles. The summed E-state index contributed by atoms with van der Waals surface area (Å²) < 4.78 is 0.656. The standard InChI is InChI=1S/C15H12BrN3O2/c16-10-7-9(5-6-11(10)17)15(21)19-8-14(20)18-12-3-1-2-4-13(12)19/h1-7H,8,17H2,(H,18,20). The van der Waals surface area contributed by atoms with Gasteiger partial charge in [0, 0.05) is 15.7 Å². The Morgan fingerprint density at radius 1 is 1.24 bits per heavy atom. The van der Waals surface area contributed by atoms with Crippen molar-refractivity contribution in [3.8, 4) is 0 Å². The van der Waals surface area contributed by atoms with Gasteiger partial charge in [0.25, 0.3) is 5.91 Å². The molecule has 2 amide bonds. The molecule has 0 spiro atoms. The molecule has 1 aliphatic rings. The van der Waals surface area contributed by atoms with Crippen molar-refractivity contribution in [1.29, 1.82) is 0 Å². The maximum atomic E-state index is 12.7. The Morgan fingerprint density at radius 3 is 2.76 bits per heavy atom. The summed E-state index contributed by atoms with van der Waals surface area (Å²) in [4.78, 5) is 25.9. The van der Waals surface area contributed by atoms with E-state index in [0.717, 1.165) is 0 Å². The van der Waals surface area contributed by atoms with Crippen molar-refractivity contribution in [3.63, 3.8) is 0 Å². The molecule has 0 radical (unpaired) electrons. The highest BCUT2D eigenvalue weighted by Gasteiger charge is 2.27. The third-order valence-corrected chi connectivity index (χ3v) is 3.95. The predicted octanol–water partition coefficient (Wildman–Crippen LogP) is 2.63. The summed E-state index contributed by atoms with van der Waals surface area (Å²) in [6.45, 7) is -0.00214. The summed E-state index contributed by atoms with van der Waals surface area (Å²) in [7, 11) is 0. The first-order chi connectivity index (χ1) is 10.1. The van der Waals surface area contributed by atoms with E-state index in [9.17, 15) is 9.59 Å². The Labute approximate surface area is 129 Å². The van der Waals surface area contributed by atoms with Crippen LogP contribution in [0.2, 0.25) is 0 Å². The van der Waals surface area contributed by atoms with E-state index in [1.54, 1.807) is 30.3 Å². The monoisotopic (exact) mass is 345 g/mol. The van der Waals surface area contributed by atoms with E-state index >= 15 is 0 Å². The van der Waals surface area contributed by atoms with Gasteiger partial charge in [-0.1, -0.05) is 12.1 Å². The fourth-order valence-corrected chi connectivity index (χ4v) is 2.61. The maximum Gasteiger partial charge on any atom is 0.258 e. The second kappa shape index (κ2) is 5.21. The van der Waals surface area contributed by atoms with Crippen LogP contribution in [0.4, 0.5) is 17.1 Å². The van der Waals surface area contributed by atoms with Gasteiger partial charge in [-0.05, 0) is 46.3 Å². The molecule has 3 rings (SSSR count). The quantitative estimate of drug-likeness (QED) is 0.780. The number of halogens is 1. The highest BCUT2D eigenvalue weighted by atomic mass is 79.9. The minimum absolute atomic E-state index is 0.00214. The van der Waals surface area contributed by atoms with Gasteiger partial charge in [-0.3, -0.25) is 14.5 Å². The zero-order chi connectivity index (χ0) is 15.0. The molecule has 0 bridgehead atoms. The van der Waals surface area contributed by atoms with Crippen LogP contribution in [-0.2, 0) is 4.79 Å². The number of hydrogen-bond acceptors (Lipinski definition) is 3. The molecular formula is C15H12BrN3O2. The fraction of sp³-hybridized carbons (Fsp3) is 0.0667. The van der Waals surface area contributed by atoms with Crippen molar-refractivity contribution < 1.29 is 9.59 Å². The van der Waals surface area contributed by atoms with Crippen molar-refractivity contribution in [2.24, 2.45) is 0 Å². The van der Waals surface area contributed by atoms with Crippen LogP contribution in [-0.4, -0.2) is 18.4 Å². The Balaban J connectivity index is 2.01. The first-order valence-electron chi connectivity index (χ1n) is 6.32. The minimum atomic E-state index is -0.238. The second-order valence-corrected chi connectivity index (χ2v) is 5.55. The fourth-order valence-electron chi connectivity index (χ4n) is 2.23. The number of fused-ring (bicyclic) bond motifs is 1. The lowest BCUT2D eigenvalue weighted by atomic mass is 10.1. The molecule has 0 atom stereocenters. The van der Waals surface area contributed by atoms with Gasteiger partial charge in [0.05, 0.1) is 11.4 Å².